The van der Waals surface area contributed by atoms with Gasteiger partial charge >= 0.3 is 12.0 Å². The van der Waals surface area contributed by atoms with E-state index in [0.29, 0.717) is 0 Å². The molecule has 1 fully saturated rings. The lowest BCUT2D eigenvalue weighted by Gasteiger charge is -2.28. The van der Waals surface area contributed by atoms with Crippen LogP contribution in [0.15, 0.2) is 6.20 Å². The molecule has 1 aliphatic heterocycles. The molecule has 0 bridgehead atoms. The Morgan fingerprint density at radius 2 is 2.06 bits per heavy atom. The molecular weight excluding hydrogens is 218 g/mol. The summed E-state index contributed by atoms with van der Waals surface area (Å²) in [5, 5.41) is 0. The highest BCUT2D eigenvalue weighted by atomic mass is 16.5. The fraction of sp³-hybridized carbons (Fsp3) is 0.583. The lowest BCUT2D eigenvalue weighted by Crippen LogP contribution is -2.31. The molecule has 0 spiro atoms. The average molecular weight is 235 g/mol. The van der Waals surface area contributed by atoms with Gasteiger partial charge in [0.2, 0.25) is 0 Å². The van der Waals surface area contributed by atoms with Crippen molar-refractivity contribution < 1.29 is 9.53 Å². The number of hydrogen-bond acceptors (Lipinski definition) is 5. The predicted octanol–water partition coefficient (Wildman–Crippen LogP) is 1.70. The van der Waals surface area contributed by atoms with Crippen LogP contribution in [-0.2, 0) is 4.79 Å². The first kappa shape index (κ1) is 11.8. The van der Waals surface area contributed by atoms with Gasteiger partial charge in [0.15, 0.2) is 0 Å². The Hall–Kier alpha value is -1.65. The number of aryl methyl sites for hydroxylation is 1. The maximum absolute atomic E-state index is 10.9. The van der Waals surface area contributed by atoms with Crippen LogP contribution in [0.5, 0.6) is 6.01 Å². The van der Waals surface area contributed by atoms with Crippen molar-refractivity contribution in [2.45, 2.75) is 33.1 Å². The maximum Gasteiger partial charge on any atom is 0.326 e. The second-order valence-corrected chi connectivity index (χ2v) is 4.30. The highest BCUT2D eigenvalue weighted by molar-refractivity contribution is 5.68. The van der Waals surface area contributed by atoms with Gasteiger partial charge in [0.1, 0.15) is 5.82 Å². The van der Waals surface area contributed by atoms with Crippen molar-refractivity contribution in [3.8, 4) is 6.01 Å². The van der Waals surface area contributed by atoms with Crippen molar-refractivity contribution >= 4 is 11.8 Å². The summed E-state index contributed by atoms with van der Waals surface area (Å²) in [4.78, 5) is 21.4. The number of ether oxygens (including phenoxy) is 1. The van der Waals surface area contributed by atoms with Crippen molar-refractivity contribution in [2.75, 3.05) is 18.0 Å². The van der Waals surface area contributed by atoms with Gasteiger partial charge in [0.05, 0.1) is 0 Å². The van der Waals surface area contributed by atoms with Gasteiger partial charge in [-0.3, -0.25) is 4.79 Å². The van der Waals surface area contributed by atoms with Crippen molar-refractivity contribution in [2.24, 2.45) is 0 Å². The summed E-state index contributed by atoms with van der Waals surface area (Å²) in [5.41, 5.74) is 1.02. The molecule has 0 atom stereocenters. The third-order valence-electron chi connectivity index (χ3n) is 2.81. The third-order valence-corrected chi connectivity index (χ3v) is 2.81. The highest BCUT2D eigenvalue weighted by Gasteiger charge is 2.16. The van der Waals surface area contributed by atoms with E-state index in [1.54, 1.807) is 6.20 Å². The molecule has 1 aliphatic rings. The zero-order valence-electron chi connectivity index (χ0n) is 10.3. The topological polar surface area (TPSA) is 55.3 Å². The van der Waals surface area contributed by atoms with E-state index >= 15 is 0 Å². The third kappa shape index (κ3) is 2.93. The normalized spacial score (nSPS) is 15.8. The standard InChI is InChI=1S/C12H17N3O2/c1-9-8-13-12(17-10(2)16)14-11(9)15-6-4-3-5-7-15/h8H,3-7H2,1-2H3. The molecule has 0 unspecified atom stereocenters. The Bertz CT molecular complexity index is 414. The molecule has 0 radical (unpaired) electrons. The molecule has 1 saturated heterocycles. The average Bonchev–Trinajstić information content (AvgIpc) is 2.32. The quantitative estimate of drug-likeness (QED) is 0.730. The zero-order chi connectivity index (χ0) is 12.3. The first-order valence-electron chi connectivity index (χ1n) is 5.94. The Labute approximate surface area is 101 Å². The molecule has 0 aliphatic carbocycles. The number of hydrogen-bond donors (Lipinski definition) is 0. The molecule has 0 amide bonds. The monoisotopic (exact) mass is 235 g/mol. The summed E-state index contributed by atoms with van der Waals surface area (Å²) in [6.07, 6.45) is 5.35. The van der Waals surface area contributed by atoms with Crippen LogP contribution in [0, 0.1) is 6.92 Å². The van der Waals surface area contributed by atoms with Gasteiger partial charge in [-0.15, -0.1) is 0 Å². The summed E-state index contributed by atoms with van der Waals surface area (Å²) in [6, 6.07) is 0.142. The Balaban J connectivity index is 2.21. The molecule has 1 aromatic heterocycles. The fourth-order valence-electron chi connectivity index (χ4n) is 2.02. The van der Waals surface area contributed by atoms with Crippen LogP contribution in [0.1, 0.15) is 31.7 Å². The van der Waals surface area contributed by atoms with E-state index in [1.807, 2.05) is 6.92 Å². The molecule has 1 aromatic rings. The molecule has 0 saturated carbocycles. The van der Waals surface area contributed by atoms with E-state index in [-0.39, 0.29) is 6.01 Å². The lowest BCUT2D eigenvalue weighted by atomic mass is 10.1. The van der Waals surface area contributed by atoms with Crippen LogP contribution in [0.2, 0.25) is 0 Å². The van der Waals surface area contributed by atoms with E-state index in [1.165, 1.54) is 26.2 Å². The first-order chi connectivity index (χ1) is 8.16. The maximum atomic E-state index is 10.9. The largest absolute Gasteiger partial charge is 0.391 e. The minimum Gasteiger partial charge on any atom is -0.391 e. The number of anilines is 1. The molecule has 17 heavy (non-hydrogen) atoms. The summed E-state index contributed by atoms with van der Waals surface area (Å²) in [6.45, 7) is 5.35. The van der Waals surface area contributed by atoms with Crippen LogP contribution < -0.4 is 9.64 Å². The van der Waals surface area contributed by atoms with Crippen LogP contribution in [0.25, 0.3) is 0 Å². The van der Waals surface area contributed by atoms with Crippen molar-refractivity contribution in [1.29, 1.82) is 0 Å². The van der Waals surface area contributed by atoms with Gasteiger partial charge in [-0.05, 0) is 26.2 Å². The summed E-state index contributed by atoms with van der Waals surface area (Å²) < 4.78 is 4.91. The molecule has 92 valence electrons. The van der Waals surface area contributed by atoms with Crippen LogP contribution in [-0.4, -0.2) is 29.0 Å². The van der Waals surface area contributed by atoms with Crippen molar-refractivity contribution in [3.05, 3.63) is 11.8 Å². The second kappa shape index (κ2) is 5.12. The number of nitrogens with zero attached hydrogens (tertiary/aromatic N) is 3. The number of aromatic nitrogens is 2. The highest BCUT2D eigenvalue weighted by Crippen LogP contribution is 2.22. The Morgan fingerprint density at radius 1 is 1.35 bits per heavy atom. The van der Waals surface area contributed by atoms with Crippen LogP contribution in [0.4, 0.5) is 5.82 Å². The lowest BCUT2D eigenvalue weighted by molar-refractivity contribution is -0.132. The Morgan fingerprint density at radius 3 is 2.71 bits per heavy atom. The van der Waals surface area contributed by atoms with Gasteiger partial charge in [-0.1, -0.05) is 0 Å². The van der Waals surface area contributed by atoms with Gasteiger partial charge in [-0.2, -0.15) is 4.98 Å². The molecule has 2 heterocycles. The first-order valence-corrected chi connectivity index (χ1v) is 5.94. The molecule has 0 aromatic carbocycles. The SMILES string of the molecule is CC(=O)Oc1ncc(C)c(N2CCCCC2)n1. The fourth-order valence-corrected chi connectivity index (χ4v) is 2.02. The summed E-state index contributed by atoms with van der Waals surface area (Å²) in [7, 11) is 0. The van der Waals surface area contributed by atoms with Gasteiger partial charge in [0, 0.05) is 31.8 Å². The molecular formula is C12H17N3O2. The number of esters is 1. The molecule has 0 N–H and O–H groups in total. The van der Waals surface area contributed by atoms with Crippen LogP contribution >= 0.6 is 0 Å². The van der Waals surface area contributed by atoms with Crippen molar-refractivity contribution in [3.63, 3.8) is 0 Å². The van der Waals surface area contributed by atoms with E-state index in [4.69, 9.17) is 4.74 Å². The van der Waals surface area contributed by atoms with E-state index in [9.17, 15) is 4.79 Å². The van der Waals surface area contributed by atoms with Gasteiger partial charge in [0.25, 0.3) is 0 Å². The number of rotatable bonds is 2. The molecule has 5 heteroatoms. The van der Waals surface area contributed by atoms with Crippen LogP contribution in [0.3, 0.4) is 0 Å². The molecule has 5 nitrogen and oxygen atoms in total. The zero-order valence-corrected chi connectivity index (χ0v) is 10.3. The van der Waals surface area contributed by atoms with E-state index in [0.717, 1.165) is 24.5 Å². The Kier molecular flexibility index (Phi) is 3.56. The van der Waals surface area contributed by atoms with Gasteiger partial charge < -0.3 is 9.64 Å². The predicted molar refractivity (Wildman–Crippen MR) is 64.1 cm³/mol. The second-order valence-electron chi connectivity index (χ2n) is 4.30. The van der Waals surface area contributed by atoms with E-state index < -0.39 is 5.97 Å². The minimum atomic E-state index is -0.390. The summed E-state index contributed by atoms with van der Waals surface area (Å²) >= 11 is 0. The van der Waals surface area contributed by atoms with Crippen molar-refractivity contribution in [1.82, 2.24) is 9.97 Å². The minimum absolute atomic E-state index is 0.142. The number of piperidine rings is 1. The van der Waals surface area contributed by atoms with Gasteiger partial charge in [-0.25, -0.2) is 4.98 Å². The summed E-state index contributed by atoms with van der Waals surface area (Å²) in [5.74, 6) is 0.495. The smallest absolute Gasteiger partial charge is 0.326 e. The number of carbonyl (C=O) groups excluding carboxylic acids is 1. The molecule has 2 rings (SSSR count). The number of carbonyl (C=O) groups is 1. The van der Waals surface area contributed by atoms with E-state index in [2.05, 4.69) is 14.9 Å².